The fraction of sp³-hybridized carbons (Fsp3) is 0.0435. The number of hydrogen-bond acceptors (Lipinski definition) is 4. The molecule has 0 spiro atoms. The predicted molar refractivity (Wildman–Crippen MR) is 110 cm³/mol. The minimum absolute atomic E-state index is 0.291. The number of amides is 1. The van der Waals surface area contributed by atoms with Crippen molar-refractivity contribution in [1.82, 2.24) is 15.0 Å². The van der Waals surface area contributed by atoms with Gasteiger partial charge < -0.3 is 5.32 Å². The first-order valence-electron chi connectivity index (χ1n) is 9.02. The van der Waals surface area contributed by atoms with Crippen molar-refractivity contribution in [3.63, 3.8) is 0 Å². The molecule has 2 aromatic heterocycles. The van der Waals surface area contributed by atoms with Gasteiger partial charge in [0.05, 0.1) is 11.3 Å². The fourth-order valence-corrected chi connectivity index (χ4v) is 2.92. The lowest BCUT2D eigenvalue weighted by Crippen LogP contribution is -2.15. The molecule has 0 aliphatic carbocycles. The van der Waals surface area contributed by atoms with E-state index >= 15 is 0 Å². The summed E-state index contributed by atoms with van der Waals surface area (Å²) in [6.07, 6.45) is 4.77. The zero-order chi connectivity index (χ0) is 20.2. The van der Waals surface area contributed by atoms with Crippen molar-refractivity contribution < 1.29 is 9.18 Å². The summed E-state index contributed by atoms with van der Waals surface area (Å²) >= 11 is 0. The normalized spacial score (nSPS) is 10.6. The average Bonchev–Trinajstić information content (AvgIpc) is 2.77. The van der Waals surface area contributed by atoms with Gasteiger partial charge in [-0.1, -0.05) is 36.4 Å². The number of anilines is 1. The Labute approximate surface area is 167 Å². The van der Waals surface area contributed by atoms with Crippen LogP contribution in [-0.4, -0.2) is 20.9 Å². The van der Waals surface area contributed by atoms with Crippen molar-refractivity contribution in [2.24, 2.45) is 0 Å². The molecule has 5 nitrogen and oxygen atoms in total. The molecule has 4 aromatic rings. The second-order valence-corrected chi connectivity index (χ2v) is 6.47. The third kappa shape index (κ3) is 4.01. The quantitative estimate of drug-likeness (QED) is 0.543. The van der Waals surface area contributed by atoms with E-state index in [4.69, 9.17) is 0 Å². The Bertz CT molecular complexity index is 1160. The van der Waals surface area contributed by atoms with Crippen LogP contribution in [0.3, 0.4) is 0 Å². The Morgan fingerprint density at radius 1 is 0.966 bits per heavy atom. The van der Waals surface area contributed by atoms with Crippen LogP contribution >= 0.6 is 0 Å². The van der Waals surface area contributed by atoms with Crippen LogP contribution in [0.5, 0.6) is 0 Å². The van der Waals surface area contributed by atoms with Gasteiger partial charge in [-0.05, 0) is 36.8 Å². The summed E-state index contributed by atoms with van der Waals surface area (Å²) < 4.78 is 13.6. The number of pyridine rings is 1. The van der Waals surface area contributed by atoms with Gasteiger partial charge in [0.15, 0.2) is 5.82 Å². The van der Waals surface area contributed by atoms with Crippen LogP contribution in [0, 0.1) is 12.7 Å². The molecule has 1 amide bonds. The highest BCUT2D eigenvalue weighted by molar-refractivity contribution is 6.08. The molecule has 4 rings (SSSR count). The molecule has 0 bridgehead atoms. The highest BCUT2D eigenvalue weighted by atomic mass is 19.1. The lowest BCUT2D eigenvalue weighted by Gasteiger charge is -2.12. The molecule has 0 unspecified atom stereocenters. The van der Waals surface area contributed by atoms with Crippen LogP contribution in [0.15, 0.2) is 79.3 Å². The first kappa shape index (κ1) is 18.4. The van der Waals surface area contributed by atoms with Gasteiger partial charge in [0.2, 0.25) is 0 Å². The van der Waals surface area contributed by atoms with Crippen LogP contribution in [0.4, 0.5) is 10.1 Å². The molecule has 0 aliphatic rings. The Kier molecular flexibility index (Phi) is 5.07. The van der Waals surface area contributed by atoms with E-state index in [1.165, 1.54) is 18.3 Å². The number of aromatic nitrogens is 3. The third-order valence-corrected chi connectivity index (χ3v) is 4.47. The van der Waals surface area contributed by atoms with Crippen LogP contribution in [-0.2, 0) is 0 Å². The zero-order valence-corrected chi connectivity index (χ0v) is 15.6. The van der Waals surface area contributed by atoms with Crippen molar-refractivity contribution in [1.29, 1.82) is 0 Å². The molecule has 29 heavy (non-hydrogen) atoms. The summed E-state index contributed by atoms with van der Waals surface area (Å²) in [5.41, 5.74) is 3.51. The second kappa shape index (κ2) is 7.98. The molecule has 0 atom stereocenters. The van der Waals surface area contributed by atoms with E-state index in [-0.39, 0.29) is 0 Å². The number of hydrogen-bond donors (Lipinski definition) is 1. The van der Waals surface area contributed by atoms with Gasteiger partial charge in [-0.3, -0.25) is 9.78 Å². The molecule has 0 fully saturated rings. The summed E-state index contributed by atoms with van der Waals surface area (Å²) in [7, 11) is 0. The minimum Gasteiger partial charge on any atom is -0.322 e. The smallest absolute Gasteiger partial charge is 0.259 e. The first-order chi connectivity index (χ1) is 14.1. The monoisotopic (exact) mass is 384 g/mol. The third-order valence-electron chi connectivity index (χ3n) is 4.47. The summed E-state index contributed by atoms with van der Waals surface area (Å²) in [6.45, 7) is 1.80. The average molecular weight is 384 g/mol. The molecule has 0 saturated carbocycles. The molecule has 142 valence electrons. The van der Waals surface area contributed by atoms with Gasteiger partial charge in [-0.25, -0.2) is 14.4 Å². The number of aryl methyl sites for hydroxylation is 1. The van der Waals surface area contributed by atoms with Crippen LogP contribution in [0.1, 0.15) is 15.9 Å². The van der Waals surface area contributed by atoms with Gasteiger partial charge >= 0.3 is 0 Å². The maximum absolute atomic E-state index is 13.6. The van der Waals surface area contributed by atoms with Crippen molar-refractivity contribution in [3.05, 3.63) is 96.2 Å². The number of carbonyl (C=O) groups is 1. The molecule has 0 saturated heterocycles. The number of carbonyl (C=O) groups excluding carboxylic acids is 1. The molecule has 1 N–H and O–H groups in total. The van der Waals surface area contributed by atoms with E-state index in [1.807, 2.05) is 30.3 Å². The van der Waals surface area contributed by atoms with Gasteiger partial charge in [0.25, 0.3) is 5.91 Å². The number of nitrogens with one attached hydrogen (secondary N) is 1. The van der Waals surface area contributed by atoms with E-state index in [0.717, 1.165) is 16.7 Å². The predicted octanol–water partition coefficient (Wildman–Crippen LogP) is 4.91. The summed E-state index contributed by atoms with van der Waals surface area (Å²) in [5, 5.41) is 2.76. The Morgan fingerprint density at radius 3 is 2.48 bits per heavy atom. The standard InChI is InChI=1S/C23H17FN4O/c1-15-7-8-18(24)13-20(15)27-23(29)19-14-26-22(17-5-3-2-4-6-17)28-21(19)16-9-11-25-12-10-16/h2-14H,1H3,(H,27,29). The molecule has 0 radical (unpaired) electrons. The number of benzene rings is 2. The number of nitrogens with zero attached hydrogens (tertiary/aromatic N) is 3. The summed E-state index contributed by atoms with van der Waals surface area (Å²) in [6, 6.07) is 17.3. The van der Waals surface area contributed by atoms with Crippen molar-refractivity contribution in [3.8, 4) is 22.6 Å². The van der Waals surface area contributed by atoms with Crippen LogP contribution in [0.25, 0.3) is 22.6 Å². The summed E-state index contributed by atoms with van der Waals surface area (Å²) in [4.78, 5) is 26.0. The van der Waals surface area contributed by atoms with Gasteiger partial charge in [0.1, 0.15) is 5.82 Å². The molecule has 2 heterocycles. The lowest BCUT2D eigenvalue weighted by atomic mass is 10.1. The Morgan fingerprint density at radius 2 is 1.72 bits per heavy atom. The highest BCUT2D eigenvalue weighted by Crippen LogP contribution is 2.25. The largest absolute Gasteiger partial charge is 0.322 e. The topological polar surface area (TPSA) is 67.8 Å². The second-order valence-electron chi connectivity index (χ2n) is 6.47. The maximum atomic E-state index is 13.6. The molecule has 0 aliphatic heterocycles. The van der Waals surface area contributed by atoms with Gasteiger partial charge in [-0.15, -0.1) is 0 Å². The van der Waals surface area contributed by atoms with Crippen molar-refractivity contribution in [2.75, 3.05) is 5.32 Å². The van der Waals surface area contributed by atoms with Crippen molar-refractivity contribution >= 4 is 11.6 Å². The summed E-state index contributed by atoms with van der Waals surface area (Å²) in [5.74, 6) is -0.322. The Hall–Kier alpha value is -3.93. The van der Waals surface area contributed by atoms with Crippen molar-refractivity contribution in [2.45, 2.75) is 6.92 Å². The lowest BCUT2D eigenvalue weighted by molar-refractivity contribution is 0.102. The molecular formula is C23H17FN4O. The van der Waals surface area contributed by atoms with Gasteiger partial charge in [-0.2, -0.15) is 0 Å². The van der Waals surface area contributed by atoms with E-state index in [2.05, 4.69) is 20.3 Å². The Balaban J connectivity index is 1.78. The number of halogens is 1. The maximum Gasteiger partial charge on any atom is 0.259 e. The van der Waals surface area contributed by atoms with Gasteiger partial charge in [0, 0.05) is 35.4 Å². The molecular weight excluding hydrogens is 367 g/mol. The van der Waals surface area contributed by atoms with Crippen LogP contribution < -0.4 is 5.32 Å². The number of rotatable bonds is 4. The molecule has 6 heteroatoms. The highest BCUT2D eigenvalue weighted by Gasteiger charge is 2.18. The zero-order valence-electron chi connectivity index (χ0n) is 15.6. The van der Waals surface area contributed by atoms with E-state index in [0.29, 0.717) is 22.8 Å². The van der Waals surface area contributed by atoms with Crippen LogP contribution in [0.2, 0.25) is 0 Å². The SMILES string of the molecule is Cc1ccc(F)cc1NC(=O)c1cnc(-c2ccccc2)nc1-c1ccncc1. The van der Waals surface area contributed by atoms with E-state index in [1.54, 1.807) is 37.5 Å². The molecule has 2 aromatic carbocycles. The fourth-order valence-electron chi connectivity index (χ4n) is 2.92. The van der Waals surface area contributed by atoms with E-state index in [9.17, 15) is 9.18 Å². The first-order valence-corrected chi connectivity index (χ1v) is 9.02. The van der Waals surface area contributed by atoms with E-state index < -0.39 is 11.7 Å². The minimum atomic E-state index is -0.420.